The number of ether oxygens (including phenoxy) is 2. The number of carbonyl (C=O) groups excluding carboxylic acids is 5. The number of nitrogens with one attached hydrogen (secondary N) is 3. The Balaban J connectivity index is 1.67. The first kappa shape index (κ1) is 30.9. The van der Waals surface area contributed by atoms with Gasteiger partial charge in [-0.25, -0.2) is 9.78 Å². The molecule has 3 atom stereocenters. The van der Waals surface area contributed by atoms with Gasteiger partial charge in [0, 0.05) is 17.5 Å². The van der Waals surface area contributed by atoms with E-state index in [-0.39, 0.29) is 35.4 Å². The van der Waals surface area contributed by atoms with E-state index in [4.69, 9.17) is 21.2 Å². The zero-order valence-electron chi connectivity index (χ0n) is 21.5. The van der Waals surface area contributed by atoms with Crippen LogP contribution in [-0.2, 0) is 44.9 Å². The van der Waals surface area contributed by atoms with E-state index in [2.05, 4.69) is 30.8 Å². The van der Waals surface area contributed by atoms with E-state index in [0.29, 0.717) is 5.56 Å². The van der Waals surface area contributed by atoms with Crippen LogP contribution in [0.3, 0.4) is 0 Å². The van der Waals surface area contributed by atoms with Gasteiger partial charge in [-0.15, -0.1) is 22.9 Å². The largest absolute Gasteiger partial charge is 0.467 e. The van der Waals surface area contributed by atoms with Gasteiger partial charge in [0.1, 0.15) is 30.3 Å². The predicted molar refractivity (Wildman–Crippen MR) is 142 cm³/mol. The summed E-state index contributed by atoms with van der Waals surface area (Å²) in [7, 11) is 1.12. The van der Waals surface area contributed by atoms with Crippen LogP contribution in [0.2, 0.25) is 0 Å². The van der Waals surface area contributed by atoms with Crippen molar-refractivity contribution in [1.82, 2.24) is 15.6 Å². The Bertz CT molecular complexity index is 1360. The van der Waals surface area contributed by atoms with Crippen LogP contribution >= 0.6 is 22.9 Å². The highest BCUT2D eigenvalue weighted by Gasteiger charge is 2.46. The quantitative estimate of drug-likeness (QED) is 0.0713. The molecule has 41 heavy (non-hydrogen) atoms. The van der Waals surface area contributed by atoms with E-state index in [0.717, 1.165) is 18.4 Å². The van der Waals surface area contributed by atoms with E-state index in [1.54, 1.807) is 0 Å². The highest BCUT2D eigenvalue weighted by atomic mass is 35.5. The summed E-state index contributed by atoms with van der Waals surface area (Å²) in [6.45, 7) is 1.34. The molecule has 0 radical (unpaired) electrons. The second-order valence-electron chi connectivity index (χ2n) is 8.32. The zero-order chi connectivity index (χ0) is 30.1. The number of nitro groups is 1. The number of hydrogen-bond donors (Lipinski definition) is 3. The molecule has 16 nitrogen and oxygen atoms in total. The van der Waals surface area contributed by atoms with E-state index < -0.39 is 58.5 Å². The Morgan fingerprint density at radius 3 is 2.59 bits per heavy atom. The zero-order valence-corrected chi connectivity index (χ0v) is 23.0. The lowest BCUT2D eigenvalue weighted by molar-refractivity contribution is -0.384. The van der Waals surface area contributed by atoms with Crippen LogP contribution in [0.15, 0.2) is 34.8 Å². The Labute approximate surface area is 240 Å². The fraction of sp³-hybridized carbons (Fsp3) is 0.348. The Kier molecular flexibility index (Phi) is 10.6. The number of nitrogens with zero attached hydrogens (tertiary/aromatic N) is 3. The summed E-state index contributed by atoms with van der Waals surface area (Å²) in [6.07, 6.45) is -1.18. The topological polar surface area (TPSA) is 218 Å². The number of β-lactam (4-membered cyclic amide) rings is 1. The molecule has 0 saturated carbocycles. The number of amides is 3. The van der Waals surface area contributed by atoms with Crippen molar-refractivity contribution >= 4 is 69.1 Å². The Hall–Kier alpha value is -4.64. The van der Waals surface area contributed by atoms with Crippen molar-refractivity contribution in [3.05, 3.63) is 51.0 Å². The van der Waals surface area contributed by atoms with Gasteiger partial charge in [0.2, 0.25) is 11.8 Å². The van der Waals surface area contributed by atoms with Crippen molar-refractivity contribution in [2.45, 2.75) is 38.1 Å². The van der Waals surface area contributed by atoms with E-state index in [1.165, 1.54) is 36.6 Å². The molecule has 2 aromatic rings. The van der Waals surface area contributed by atoms with Crippen LogP contribution < -0.4 is 16.0 Å². The average molecular weight is 611 g/mol. The number of oxime groups is 1. The smallest absolute Gasteiger partial charge is 0.331 e. The molecule has 3 amide bonds. The van der Waals surface area contributed by atoms with Crippen molar-refractivity contribution in [3.63, 3.8) is 0 Å². The molecule has 1 aromatic heterocycles. The van der Waals surface area contributed by atoms with Crippen molar-refractivity contribution in [3.8, 4) is 0 Å². The summed E-state index contributed by atoms with van der Waals surface area (Å²) < 4.78 is 9.75. The molecule has 1 aliphatic rings. The van der Waals surface area contributed by atoms with Gasteiger partial charge in [-0.1, -0.05) is 5.16 Å². The van der Waals surface area contributed by atoms with Crippen LogP contribution in [0.1, 0.15) is 24.6 Å². The van der Waals surface area contributed by atoms with Gasteiger partial charge in [0.15, 0.2) is 16.9 Å². The Morgan fingerprint density at radius 1 is 1.27 bits per heavy atom. The first-order valence-corrected chi connectivity index (χ1v) is 13.1. The van der Waals surface area contributed by atoms with Gasteiger partial charge >= 0.3 is 11.9 Å². The molecule has 1 aromatic carbocycles. The van der Waals surface area contributed by atoms with Crippen LogP contribution in [0, 0.1) is 10.1 Å². The van der Waals surface area contributed by atoms with Gasteiger partial charge in [-0.2, -0.15) is 0 Å². The lowest BCUT2D eigenvalue weighted by Crippen LogP contribution is -2.72. The molecular formula is C23H23ClN6O10S. The minimum Gasteiger partial charge on any atom is -0.467 e. The SMILES string of the molecule is COC(=O)[C@@H]1NC(=O)[C@@H]1NC(=O)C(=NOC(C)CC(=O)OCc1ccc([N+](=O)[O-])cc1)c1csc(NC(=O)CCl)n1. The van der Waals surface area contributed by atoms with Gasteiger partial charge in [-0.3, -0.25) is 29.3 Å². The number of nitro benzene ring substituents is 1. The third kappa shape index (κ3) is 8.42. The minimum absolute atomic E-state index is 0.0420. The van der Waals surface area contributed by atoms with Crippen molar-refractivity contribution in [2.75, 3.05) is 18.3 Å². The standard InChI is InChI=1S/C23H23ClN6O10S/c1-11(7-16(32)39-9-12-3-5-13(6-4-12)30(36)37)40-29-17(14-10-41-23(25-14)26-15(31)8-24)20(33)27-18-19(22(35)38-2)28-21(18)34/h3-6,10-11,18-19H,7-9H2,1-2H3,(H,27,33)(H,28,34)(H,25,26,31)/t11?,18-,19-/m1/s1. The molecule has 18 heteroatoms. The van der Waals surface area contributed by atoms with Crippen LogP contribution in [-0.4, -0.2) is 76.5 Å². The number of carbonyl (C=O) groups is 5. The minimum atomic E-state index is -1.25. The Morgan fingerprint density at radius 2 is 1.98 bits per heavy atom. The van der Waals surface area contributed by atoms with Crippen LogP contribution in [0.5, 0.6) is 0 Å². The second-order valence-corrected chi connectivity index (χ2v) is 9.45. The molecule has 1 unspecified atom stereocenters. The fourth-order valence-corrected chi connectivity index (χ4v) is 3.99. The lowest BCUT2D eigenvalue weighted by Gasteiger charge is -2.34. The maximum Gasteiger partial charge on any atom is 0.331 e. The number of esters is 2. The summed E-state index contributed by atoms with van der Waals surface area (Å²) in [5.41, 5.74) is -0.0330. The number of thiazole rings is 1. The molecule has 1 saturated heterocycles. The number of halogens is 1. The molecule has 2 heterocycles. The first-order chi connectivity index (χ1) is 19.5. The average Bonchev–Trinajstić information content (AvgIpc) is 3.40. The fourth-order valence-electron chi connectivity index (χ4n) is 3.21. The first-order valence-electron chi connectivity index (χ1n) is 11.7. The van der Waals surface area contributed by atoms with Crippen molar-refractivity contribution < 1.29 is 43.2 Å². The number of methoxy groups -OCH3 is 1. The molecule has 218 valence electrons. The van der Waals surface area contributed by atoms with E-state index in [9.17, 15) is 34.1 Å². The van der Waals surface area contributed by atoms with Crippen molar-refractivity contribution in [1.29, 1.82) is 0 Å². The van der Waals surface area contributed by atoms with Gasteiger partial charge in [-0.05, 0) is 24.6 Å². The van der Waals surface area contributed by atoms with Gasteiger partial charge < -0.3 is 30.3 Å². The molecule has 0 spiro atoms. The number of rotatable bonds is 13. The monoisotopic (exact) mass is 610 g/mol. The maximum atomic E-state index is 13.1. The van der Waals surface area contributed by atoms with Gasteiger partial charge in [0.05, 0.1) is 18.5 Å². The van der Waals surface area contributed by atoms with E-state index in [1.807, 2.05) is 0 Å². The summed E-state index contributed by atoms with van der Waals surface area (Å²) in [5.74, 6) is -3.89. The lowest BCUT2D eigenvalue weighted by atomic mass is 9.99. The number of anilines is 1. The summed E-state index contributed by atoms with van der Waals surface area (Å²) in [4.78, 5) is 80.3. The maximum absolute atomic E-state index is 13.1. The molecule has 0 bridgehead atoms. The summed E-state index contributed by atoms with van der Waals surface area (Å²) >= 11 is 6.44. The third-order valence-electron chi connectivity index (χ3n) is 5.31. The van der Waals surface area contributed by atoms with Crippen LogP contribution in [0.25, 0.3) is 0 Å². The van der Waals surface area contributed by atoms with Crippen molar-refractivity contribution in [2.24, 2.45) is 5.16 Å². The number of aromatic nitrogens is 1. The molecular weight excluding hydrogens is 588 g/mol. The summed E-state index contributed by atoms with van der Waals surface area (Å²) in [5, 5.41) is 23.1. The van der Waals surface area contributed by atoms with E-state index >= 15 is 0 Å². The molecule has 3 N–H and O–H groups in total. The highest BCUT2D eigenvalue weighted by Crippen LogP contribution is 2.18. The predicted octanol–water partition coefficient (Wildman–Crippen LogP) is 0.628. The number of hydrogen-bond acceptors (Lipinski definition) is 13. The molecule has 1 aliphatic heterocycles. The normalized spacial score (nSPS) is 16.9. The molecule has 0 aliphatic carbocycles. The van der Waals surface area contributed by atoms with Crippen LogP contribution in [0.4, 0.5) is 10.8 Å². The highest BCUT2D eigenvalue weighted by molar-refractivity contribution is 7.14. The number of non-ortho nitro benzene ring substituents is 1. The number of alkyl halides is 1. The number of benzene rings is 1. The van der Waals surface area contributed by atoms with Gasteiger partial charge in [0.25, 0.3) is 11.6 Å². The molecule has 1 fully saturated rings. The third-order valence-corrected chi connectivity index (χ3v) is 6.31. The summed E-state index contributed by atoms with van der Waals surface area (Å²) in [6, 6.07) is 3.10. The molecule has 3 rings (SSSR count). The second kappa shape index (κ2) is 14.1.